The zero-order valence-corrected chi connectivity index (χ0v) is 16.5. The Kier molecular flexibility index (Phi) is 3.94. The van der Waals surface area contributed by atoms with E-state index in [1.807, 2.05) is 19.2 Å². The number of amides is 1. The number of piperazine rings is 1. The van der Waals surface area contributed by atoms with Crippen LogP contribution in [0.4, 0.5) is 11.5 Å². The smallest absolute Gasteiger partial charge is 0.274 e. The number of rotatable bonds is 3. The minimum absolute atomic E-state index is 0.213. The molecule has 3 fully saturated rings. The third-order valence-electron chi connectivity index (χ3n) is 5.40. The van der Waals surface area contributed by atoms with Crippen molar-refractivity contribution in [3.8, 4) is 0 Å². The summed E-state index contributed by atoms with van der Waals surface area (Å²) in [4.78, 5) is 15.2. The maximum Gasteiger partial charge on any atom is 0.274 e. The highest BCUT2D eigenvalue weighted by atomic mass is 79.9. The van der Waals surface area contributed by atoms with E-state index in [0.717, 1.165) is 24.4 Å². The normalized spacial score (nSPS) is 21.8. The van der Waals surface area contributed by atoms with Crippen LogP contribution < -0.4 is 15.5 Å². The van der Waals surface area contributed by atoms with Crippen molar-refractivity contribution < 1.29 is 4.79 Å². The number of carbonyl (C=O) groups is 1. The van der Waals surface area contributed by atoms with E-state index in [0.29, 0.717) is 28.1 Å². The van der Waals surface area contributed by atoms with Gasteiger partial charge in [0.15, 0.2) is 4.60 Å². The molecule has 3 aliphatic rings. The fraction of sp³-hybridized carbons (Fsp3) is 0.389. The van der Waals surface area contributed by atoms with Crippen LogP contribution in [0.3, 0.4) is 0 Å². The minimum atomic E-state index is -0.213. The molecule has 3 aromatic heterocycles. The number of nitrogens with one attached hydrogen (secondary N) is 2. The van der Waals surface area contributed by atoms with Crippen LogP contribution in [0, 0.1) is 0 Å². The third-order valence-corrected chi connectivity index (χ3v) is 5.98. The predicted molar refractivity (Wildman–Crippen MR) is 106 cm³/mol. The molecule has 140 valence electrons. The fourth-order valence-corrected chi connectivity index (χ4v) is 4.48. The molecular formula is C18H20BrN7O. The number of anilines is 2. The van der Waals surface area contributed by atoms with E-state index in [9.17, 15) is 4.79 Å². The number of hydrogen-bond donors (Lipinski definition) is 2. The fourth-order valence-electron chi connectivity index (χ4n) is 4.02. The second kappa shape index (κ2) is 6.35. The molecule has 1 amide bonds. The Bertz CT molecular complexity index is 1020. The van der Waals surface area contributed by atoms with Crippen molar-refractivity contribution >= 4 is 38.9 Å². The Morgan fingerprint density at radius 2 is 2.11 bits per heavy atom. The van der Waals surface area contributed by atoms with Gasteiger partial charge in [-0.1, -0.05) is 0 Å². The highest BCUT2D eigenvalue weighted by Crippen LogP contribution is 2.27. The van der Waals surface area contributed by atoms with Gasteiger partial charge in [0.2, 0.25) is 0 Å². The van der Waals surface area contributed by atoms with Gasteiger partial charge in [-0.2, -0.15) is 5.10 Å². The molecule has 27 heavy (non-hydrogen) atoms. The summed E-state index contributed by atoms with van der Waals surface area (Å²) in [6, 6.07) is 8.79. The third kappa shape index (κ3) is 2.90. The molecule has 6 heterocycles. The Morgan fingerprint density at radius 3 is 2.78 bits per heavy atom. The zero-order chi connectivity index (χ0) is 18.5. The molecule has 2 atom stereocenters. The summed E-state index contributed by atoms with van der Waals surface area (Å²) >= 11 is 3.36. The van der Waals surface area contributed by atoms with E-state index >= 15 is 0 Å². The number of aromatic nitrogens is 4. The molecule has 2 bridgehead atoms. The van der Waals surface area contributed by atoms with Gasteiger partial charge in [-0.05, 0) is 53.0 Å². The van der Waals surface area contributed by atoms with E-state index in [2.05, 4.69) is 42.6 Å². The maximum absolute atomic E-state index is 12.8. The lowest BCUT2D eigenvalue weighted by Crippen LogP contribution is -2.61. The van der Waals surface area contributed by atoms with Crippen LogP contribution in [0.25, 0.3) is 5.52 Å². The average Bonchev–Trinajstić information content (AvgIpc) is 3.24. The van der Waals surface area contributed by atoms with Crippen LogP contribution in [0.2, 0.25) is 0 Å². The van der Waals surface area contributed by atoms with Gasteiger partial charge >= 0.3 is 0 Å². The first-order valence-corrected chi connectivity index (χ1v) is 9.87. The second-order valence-corrected chi connectivity index (χ2v) is 7.95. The molecule has 9 heteroatoms. The summed E-state index contributed by atoms with van der Waals surface area (Å²) in [5.41, 5.74) is 2.03. The van der Waals surface area contributed by atoms with Crippen LogP contribution in [0.1, 0.15) is 23.3 Å². The van der Waals surface area contributed by atoms with Gasteiger partial charge in [0.1, 0.15) is 11.5 Å². The standard InChI is InChI=1S/C18H20BrN7O/c1-24-10-14(17(19)23-24)21-18(27)15-6-4-12-5-7-16(22-26(12)15)25-9-11-2-3-13(25)8-20-11/h4-7,10-11,13,20H,2-3,8-9H2,1H3,(H,21,27)/t11-,13-/m0/s1. The molecule has 0 aromatic carbocycles. The lowest BCUT2D eigenvalue weighted by molar-refractivity contribution is 0.102. The van der Waals surface area contributed by atoms with E-state index in [-0.39, 0.29) is 5.91 Å². The molecule has 0 radical (unpaired) electrons. The van der Waals surface area contributed by atoms with Gasteiger partial charge < -0.3 is 15.5 Å². The SMILES string of the molecule is Cn1cc(NC(=O)c2ccc3ccc(N4C[C@@H]5CC[C@H]4CN5)nn23)c(Br)n1. The molecule has 3 aromatic rings. The Morgan fingerprint density at radius 1 is 1.26 bits per heavy atom. The highest BCUT2D eigenvalue weighted by Gasteiger charge is 2.34. The van der Waals surface area contributed by atoms with Crippen LogP contribution in [-0.4, -0.2) is 50.5 Å². The molecule has 0 aliphatic carbocycles. The molecular weight excluding hydrogens is 410 g/mol. The van der Waals surface area contributed by atoms with Crippen molar-refractivity contribution in [1.82, 2.24) is 24.7 Å². The van der Waals surface area contributed by atoms with Gasteiger partial charge in [-0.3, -0.25) is 9.48 Å². The summed E-state index contributed by atoms with van der Waals surface area (Å²) in [6.07, 6.45) is 4.17. The Hall–Kier alpha value is -2.39. The van der Waals surface area contributed by atoms with Crippen LogP contribution >= 0.6 is 15.9 Å². The van der Waals surface area contributed by atoms with E-state index in [1.165, 1.54) is 12.8 Å². The largest absolute Gasteiger partial charge is 0.349 e. The number of carbonyl (C=O) groups excluding carboxylic acids is 1. The molecule has 0 spiro atoms. The first kappa shape index (κ1) is 16.8. The lowest BCUT2D eigenvalue weighted by Gasteiger charge is -2.46. The summed E-state index contributed by atoms with van der Waals surface area (Å²) in [5.74, 6) is 0.710. The maximum atomic E-state index is 12.8. The topological polar surface area (TPSA) is 79.5 Å². The quantitative estimate of drug-likeness (QED) is 0.665. The summed E-state index contributed by atoms with van der Waals surface area (Å²) < 4.78 is 3.97. The summed E-state index contributed by atoms with van der Waals surface area (Å²) in [7, 11) is 1.81. The van der Waals surface area contributed by atoms with Crippen molar-refractivity contribution in [3.63, 3.8) is 0 Å². The Labute approximate surface area is 164 Å². The van der Waals surface area contributed by atoms with Crippen molar-refractivity contribution in [2.75, 3.05) is 23.3 Å². The van der Waals surface area contributed by atoms with Crippen LogP contribution in [0.15, 0.2) is 35.1 Å². The second-order valence-electron chi connectivity index (χ2n) is 7.20. The van der Waals surface area contributed by atoms with Crippen molar-refractivity contribution in [1.29, 1.82) is 0 Å². The molecule has 3 saturated heterocycles. The van der Waals surface area contributed by atoms with Gasteiger partial charge in [0.25, 0.3) is 5.91 Å². The molecule has 3 aliphatic heterocycles. The molecule has 2 N–H and O–H groups in total. The van der Waals surface area contributed by atoms with E-state index in [4.69, 9.17) is 5.10 Å². The number of fused-ring (bicyclic) bond motifs is 4. The highest BCUT2D eigenvalue weighted by molar-refractivity contribution is 9.10. The zero-order valence-electron chi connectivity index (χ0n) is 14.9. The number of halogens is 1. The monoisotopic (exact) mass is 429 g/mol. The molecule has 0 unspecified atom stereocenters. The van der Waals surface area contributed by atoms with Gasteiger partial charge in [0.05, 0.1) is 11.2 Å². The van der Waals surface area contributed by atoms with Crippen molar-refractivity contribution in [2.45, 2.75) is 24.9 Å². The first-order chi connectivity index (χ1) is 13.1. The van der Waals surface area contributed by atoms with Crippen LogP contribution in [-0.2, 0) is 7.05 Å². The minimum Gasteiger partial charge on any atom is -0.349 e. The number of hydrogen-bond acceptors (Lipinski definition) is 5. The van der Waals surface area contributed by atoms with E-state index in [1.54, 1.807) is 21.5 Å². The molecule has 6 rings (SSSR count). The molecule has 8 nitrogen and oxygen atoms in total. The predicted octanol–water partition coefficient (Wildman–Crippen LogP) is 2.02. The number of piperidine rings is 2. The summed E-state index contributed by atoms with van der Waals surface area (Å²) in [5, 5.41) is 15.4. The van der Waals surface area contributed by atoms with Gasteiger partial charge in [0, 0.05) is 38.4 Å². The van der Waals surface area contributed by atoms with Crippen molar-refractivity contribution in [2.24, 2.45) is 7.05 Å². The average molecular weight is 430 g/mol. The summed E-state index contributed by atoms with van der Waals surface area (Å²) in [6.45, 7) is 1.97. The van der Waals surface area contributed by atoms with E-state index < -0.39 is 0 Å². The first-order valence-electron chi connectivity index (χ1n) is 9.08. The lowest BCUT2D eigenvalue weighted by atomic mass is 9.93. The van der Waals surface area contributed by atoms with Crippen molar-refractivity contribution in [3.05, 3.63) is 40.8 Å². The number of aryl methyl sites for hydroxylation is 1. The number of nitrogens with zero attached hydrogens (tertiary/aromatic N) is 5. The van der Waals surface area contributed by atoms with Gasteiger partial charge in [-0.15, -0.1) is 5.10 Å². The van der Waals surface area contributed by atoms with Gasteiger partial charge in [-0.25, -0.2) is 4.52 Å². The Balaban J connectivity index is 1.46. The molecule has 0 saturated carbocycles. The van der Waals surface area contributed by atoms with Crippen LogP contribution in [0.5, 0.6) is 0 Å².